The van der Waals surface area contributed by atoms with Crippen LogP contribution in [0.25, 0.3) is 11.1 Å². The zero-order valence-electron chi connectivity index (χ0n) is 24.7. The van der Waals surface area contributed by atoms with E-state index in [0.29, 0.717) is 35.8 Å². The molecule has 1 saturated heterocycles. The van der Waals surface area contributed by atoms with Crippen molar-refractivity contribution in [1.82, 2.24) is 9.88 Å². The standard InChI is InChI=1S/C35H38N4O3/c1-23(2)37-33-16-13-30(22-36-33)34(40)38-32-21-29(6-5-24(32)3)35(41)39-19-17-28(18-20-39)26-9-7-25(8-10-26)27-11-14-31(42-4)15-12-27/h5-16,21-23,28H,17-20H2,1-4H3,(H,36,37)(H,38,40). The fourth-order valence-electron chi connectivity index (χ4n) is 5.32. The van der Waals surface area contributed by atoms with E-state index in [1.165, 1.54) is 11.1 Å². The molecule has 3 aromatic carbocycles. The number of carbonyl (C=O) groups excluding carboxylic acids is 2. The number of aromatic nitrogens is 1. The van der Waals surface area contributed by atoms with Gasteiger partial charge in [-0.15, -0.1) is 0 Å². The Morgan fingerprint density at radius 3 is 2.12 bits per heavy atom. The van der Waals surface area contributed by atoms with E-state index in [-0.39, 0.29) is 17.9 Å². The van der Waals surface area contributed by atoms with Gasteiger partial charge in [-0.2, -0.15) is 0 Å². The van der Waals surface area contributed by atoms with Crippen molar-refractivity contribution in [2.75, 3.05) is 30.8 Å². The molecule has 2 N–H and O–H groups in total. The van der Waals surface area contributed by atoms with E-state index in [2.05, 4.69) is 52.0 Å². The van der Waals surface area contributed by atoms with E-state index < -0.39 is 0 Å². The third kappa shape index (κ3) is 6.79. The van der Waals surface area contributed by atoms with Gasteiger partial charge in [0.25, 0.3) is 11.8 Å². The Kier molecular flexibility index (Phi) is 8.86. The number of aryl methyl sites for hydroxylation is 1. The molecule has 7 heteroatoms. The summed E-state index contributed by atoms with van der Waals surface area (Å²) in [6.07, 6.45) is 3.39. The molecule has 0 spiro atoms. The summed E-state index contributed by atoms with van der Waals surface area (Å²) in [5.74, 6) is 1.72. The van der Waals surface area contributed by atoms with E-state index in [0.717, 1.165) is 35.5 Å². The first-order valence-corrected chi connectivity index (χ1v) is 14.5. The van der Waals surface area contributed by atoms with Crippen LogP contribution < -0.4 is 15.4 Å². The lowest BCUT2D eigenvalue weighted by molar-refractivity contribution is 0.0712. The van der Waals surface area contributed by atoms with Crippen molar-refractivity contribution in [3.05, 3.63) is 107 Å². The van der Waals surface area contributed by atoms with Gasteiger partial charge in [0.2, 0.25) is 0 Å². The number of hydrogen-bond donors (Lipinski definition) is 2. The van der Waals surface area contributed by atoms with Gasteiger partial charge in [0.1, 0.15) is 11.6 Å². The molecule has 5 rings (SSSR count). The lowest BCUT2D eigenvalue weighted by atomic mass is 9.88. The molecule has 1 aliphatic rings. The lowest BCUT2D eigenvalue weighted by Crippen LogP contribution is -2.38. The topological polar surface area (TPSA) is 83.6 Å². The molecule has 1 fully saturated rings. The second-order valence-electron chi connectivity index (χ2n) is 11.1. The van der Waals surface area contributed by atoms with Crippen LogP contribution in [0.4, 0.5) is 11.5 Å². The van der Waals surface area contributed by atoms with Crippen LogP contribution >= 0.6 is 0 Å². The number of pyridine rings is 1. The maximum absolute atomic E-state index is 13.4. The molecule has 0 atom stereocenters. The molecule has 0 aliphatic carbocycles. The largest absolute Gasteiger partial charge is 0.497 e. The van der Waals surface area contributed by atoms with Gasteiger partial charge in [0, 0.05) is 36.6 Å². The number of likely N-dealkylation sites (tertiary alicyclic amines) is 1. The molecule has 7 nitrogen and oxygen atoms in total. The highest BCUT2D eigenvalue weighted by Gasteiger charge is 2.25. The van der Waals surface area contributed by atoms with E-state index >= 15 is 0 Å². The van der Waals surface area contributed by atoms with Gasteiger partial charge in [0.15, 0.2) is 0 Å². The number of benzene rings is 3. The average Bonchev–Trinajstić information content (AvgIpc) is 3.02. The number of carbonyl (C=O) groups is 2. The third-order valence-electron chi connectivity index (χ3n) is 7.78. The molecule has 4 aromatic rings. The van der Waals surface area contributed by atoms with Crippen molar-refractivity contribution >= 4 is 23.3 Å². The molecular formula is C35H38N4O3. The van der Waals surface area contributed by atoms with Crippen LogP contribution in [0, 0.1) is 6.92 Å². The van der Waals surface area contributed by atoms with Crippen LogP contribution in [0.5, 0.6) is 5.75 Å². The third-order valence-corrected chi connectivity index (χ3v) is 7.78. The molecule has 2 heterocycles. The summed E-state index contributed by atoms with van der Waals surface area (Å²) in [5.41, 5.74) is 6.19. The summed E-state index contributed by atoms with van der Waals surface area (Å²) in [5, 5.41) is 6.17. The highest BCUT2D eigenvalue weighted by molar-refractivity contribution is 6.05. The minimum absolute atomic E-state index is 0.00965. The molecule has 216 valence electrons. The van der Waals surface area contributed by atoms with Crippen molar-refractivity contribution < 1.29 is 14.3 Å². The van der Waals surface area contributed by atoms with Crippen LogP contribution in [-0.4, -0.2) is 47.9 Å². The summed E-state index contributed by atoms with van der Waals surface area (Å²) in [4.78, 5) is 32.6. The number of ether oxygens (including phenoxy) is 1. The van der Waals surface area contributed by atoms with E-state index in [4.69, 9.17) is 4.74 Å². The number of nitrogens with zero attached hydrogens (tertiary/aromatic N) is 2. The maximum atomic E-state index is 13.4. The van der Waals surface area contributed by atoms with Gasteiger partial charge < -0.3 is 20.3 Å². The summed E-state index contributed by atoms with van der Waals surface area (Å²) < 4.78 is 5.26. The zero-order valence-corrected chi connectivity index (χ0v) is 24.7. The normalized spacial score (nSPS) is 13.6. The number of nitrogens with one attached hydrogen (secondary N) is 2. The van der Waals surface area contributed by atoms with E-state index in [9.17, 15) is 9.59 Å². The zero-order chi connectivity index (χ0) is 29.6. The first-order valence-electron chi connectivity index (χ1n) is 14.5. The van der Waals surface area contributed by atoms with Crippen LogP contribution in [0.3, 0.4) is 0 Å². The fourth-order valence-corrected chi connectivity index (χ4v) is 5.32. The van der Waals surface area contributed by atoms with Gasteiger partial charge in [0.05, 0.1) is 12.7 Å². The molecule has 0 radical (unpaired) electrons. The molecule has 1 aromatic heterocycles. The SMILES string of the molecule is COc1ccc(-c2ccc(C3CCN(C(=O)c4ccc(C)c(NC(=O)c5ccc(NC(C)C)nc5)c4)CC3)cc2)cc1. The smallest absolute Gasteiger partial charge is 0.257 e. The highest BCUT2D eigenvalue weighted by Crippen LogP contribution is 2.31. The molecule has 42 heavy (non-hydrogen) atoms. The molecule has 0 bridgehead atoms. The fraction of sp³-hybridized carbons (Fsp3) is 0.286. The van der Waals surface area contributed by atoms with Crippen molar-refractivity contribution in [3.63, 3.8) is 0 Å². The number of piperidine rings is 1. The number of anilines is 2. The second kappa shape index (κ2) is 12.9. The molecule has 1 aliphatic heterocycles. The first kappa shape index (κ1) is 28.9. The van der Waals surface area contributed by atoms with Crippen molar-refractivity contribution in [2.24, 2.45) is 0 Å². The van der Waals surface area contributed by atoms with Crippen LogP contribution in [0.1, 0.15) is 64.4 Å². The summed E-state index contributed by atoms with van der Waals surface area (Å²) in [7, 11) is 1.67. The minimum Gasteiger partial charge on any atom is -0.497 e. The Morgan fingerprint density at radius 2 is 1.52 bits per heavy atom. The number of methoxy groups -OCH3 is 1. The van der Waals surface area contributed by atoms with Crippen LogP contribution in [0.15, 0.2) is 85.1 Å². The lowest BCUT2D eigenvalue weighted by Gasteiger charge is -2.32. The number of amides is 2. The summed E-state index contributed by atoms with van der Waals surface area (Å²) >= 11 is 0. The predicted octanol–water partition coefficient (Wildman–Crippen LogP) is 7.16. The maximum Gasteiger partial charge on any atom is 0.257 e. The van der Waals surface area contributed by atoms with Crippen molar-refractivity contribution in [1.29, 1.82) is 0 Å². The van der Waals surface area contributed by atoms with Gasteiger partial charge >= 0.3 is 0 Å². The van der Waals surface area contributed by atoms with E-state index in [1.54, 1.807) is 31.5 Å². The Balaban J connectivity index is 1.19. The van der Waals surface area contributed by atoms with Gasteiger partial charge in [-0.1, -0.05) is 42.5 Å². The van der Waals surface area contributed by atoms with E-state index in [1.807, 2.05) is 49.9 Å². The summed E-state index contributed by atoms with van der Waals surface area (Å²) in [6.45, 7) is 7.38. The van der Waals surface area contributed by atoms with Crippen LogP contribution in [0.2, 0.25) is 0 Å². The van der Waals surface area contributed by atoms with Crippen molar-refractivity contribution in [3.8, 4) is 16.9 Å². The van der Waals surface area contributed by atoms with Crippen LogP contribution in [-0.2, 0) is 0 Å². The quantitative estimate of drug-likeness (QED) is 0.238. The summed E-state index contributed by atoms with van der Waals surface area (Å²) in [6, 6.07) is 26.1. The van der Waals surface area contributed by atoms with Crippen molar-refractivity contribution in [2.45, 2.75) is 45.6 Å². The Bertz CT molecular complexity index is 1520. The first-order chi connectivity index (χ1) is 20.3. The Morgan fingerprint density at radius 1 is 0.881 bits per heavy atom. The average molecular weight is 563 g/mol. The number of rotatable bonds is 8. The molecule has 0 saturated carbocycles. The second-order valence-corrected chi connectivity index (χ2v) is 11.1. The highest BCUT2D eigenvalue weighted by atomic mass is 16.5. The molecular weight excluding hydrogens is 524 g/mol. The predicted molar refractivity (Wildman–Crippen MR) is 168 cm³/mol. The Labute approximate surface area is 247 Å². The minimum atomic E-state index is -0.259. The molecule has 0 unspecified atom stereocenters. The van der Waals surface area contributed by atoms with Gasteiger partial charge in [-0.3, -0.25) is 9.59 Å². The van der Waals surface area contributed by atoms with Gasteiger partial charge in [-0.25, -0.2) is 4.98 Å². The molecule has 2 amide bonds. The number of hydrogen-bond acceptors (Lipinski definition) is 5. The van der Waals surface area contributed by atoms with Gasteiger partial charge in [-0.05, 0) is 98.2 Å². The Hall–Kier alpha value is -4.65. The monoisotopic (exact) mass is 562 g/mol.